The summed E-state index contributed by atoms with van der Waals surface area (Å²) in [5.74, 6) is -2.31. The summed E-state index contributed by atoms with van der Waals surface area (Å²) in [6.45, 7) is 0.0648. The molecule has 1 aromatic carbocycles. The second kappa shape index (κ2) is 10.6. The van der Waals surface area contributed by atoms with Crippen molar-refractivity contribution in [2.24, 2.45) is 7.05 Å². The van der Waals surface area contributed by atoms with Crippen LogP contribution in [0.1, 0.15) is 11.1 Å². The smallest absolute Gasteiger partial charge is 0.325 e. The Morgan fingerprint density at radius 1 is 1.16 bits per heavy atom. The first-order valence-corrected chi connectivity index (χ1v) is 12.8. The van der Waals surface area contributed by atoms with E-state index in [-0.39, 0.29) is 29.9 Å². The summed E-state index contributed by atoms with van der Waals surface area (Å²) in [7, 11) is -1.52. The monoisotopic (exact) mass is 546 g/mol. The number of halogens is 2. The van der Waals surface area contributed by atoms with Crippen LogP contribution in [0.4, 0.5) is 25.1 Å². The van der Waals surface area contributed by atoms with Crippen LogP contribution in [0.3, 0.4) is 0 Å². The molecule has 0 radical (unpaired) electrons. The lowest BCUT2D eigenvalue weighted by Gasteiger charge is -2.26. The minimum Gasteiger partial charge on any atom is -0.325 e. The number of urea groups is 1. The zero-order valence-electron chi connectivity index (χ0n) is 20.4. The van der Waals surface area contributed by atoms with Crippen LogP contribution in [0.25, 0.3) is 0 Å². The molecule has 1 aliphatic rings. The molecule has 3 aromatic rings. The molecule has 11 nitrogen and oxygen atoms in total. The standard InChI is InChI=1S/C24H24F2N6O5S/c1-30-14-19(5-6-21(30)33)31(2)23(34)20(12-15-10-17(25)13-18(26)11-15)28-24(35)29-38(36,37)32-9-7-16-4-3-8-27-22(16)32/h3-6,8,10-11,13-14,20H,7,9,12H2,1-2H3,(H2,28,29,35)/t20-/m0/s1. The molecular weight excluding hydrogens is 522 g/mol. The third-order valence-electron chi connectivity index (χ3n) is 5.95. The summed E-state index contributed by atoms with van der Waals surface area (Å²) in [6.07, 6.45) is 2.86. The van der Waals surface area contributed by atoms with Crippen LogP contribution in [-0.4, -0.2) is 49.5 Å². The zero-order valence-corrected chi connectivity index (χ0v) is 21.2. The van der Waals surface area contributed by atoms with Crippen LogP contribution in [0.5, 0.6) is 0 Å². The molecule has 0 unspecified atom stereocenters. The van der Waals surface area contributed by atoms with Crippen LogP contribution in [-0.2, 0) is 34.9 Å². The van der Waals surface area contributed by atoms with E-state index in [2.05, 4.69) is 10.3 Å². The first kappa shape index (κ1) is 26.7. The van der Waals surface area contributed by atoms with Crippen molar-refractivity contribution in [3.8, 4) is 0 Å². The summed E-state index contributed by atoms with van der Waals surface area (Å²) < 4.78 is 57.5. The number of fused-ring (bicyclic) bond motifs is 1. The maximum absolute atomic E-state index is 13.8. The Hall–Kier alpha value is -4.33. The SMILES string of the molecule is CN(C(=O)[C@H](Cc1cc(F)cc(F)c1)NC(=O)NS(=O)(=O)N1CCc2cccnc21)c1ccc(=O)n(C)c1. The number of carbonyl (C=O) groups excluding carboxylic acids is 2. The van der Waals surface area contributed by atoms with Crippen molar-refractivity contribution in [3.63, 3.8) is 0 Å². The fourth-order valence-corrected chi connectivity index (χ4v) is 5.20. The lowest BCUT2D eigenvalue weighted by molar-refractivity contribution is -0.120. The first-order valence-electron chi connectivity index (χ1n) is 11.4. The molecule has 200 valence electrons. The Kier molecular flexibility index (Phi) is 7.44. The molecule has 1 aliphatic heterocycles. The number of nitrogens with one attached hydrogen (secondary N) is 2. The van der Waals surface area contributed by atoms with Gasteiger partial charge in [0.25, 0.3) is 0 Å². The van der Waals surface area contributed by atoms with Gasteiger partial charge in [0.1, 0.15) is 23.5 Å². The van der Waals surface area contributed by atoms with Crippen LogP contribution in [0.15, 0.2) is 59.7 Å². The molecule has 14 heteroatoms. The Morgan fingerprint density at radius 3 is 2.55 bits per heavy atom. The van der Waals surface area contributed by atoms with Crippen LogP contribution >= 0.6 is 0 Å². The summed E-state index contributed by atoms with van der Waals surface area (Å²) in [5.41, 5.74) is 0.720. The van der Waals surface area contributed by atoms with E-state index >= 15 is 0 Å². The minimum absolute atomic E-state index is 0.0514. The van der Waals surface area contributed by atoms with Crippen LogP contribution in [0, 0.1) is 11.6 Å². The number of rotatable bonds is 7. The van der Waals surface area contributed by atoms with E-state index in [4.69, 9.17) is 0 Å². The molecular formula is C24H24F2N6O5S. The summed E-state index contributed by atoms with van der Waals surface area (Å²) in [4.78, 5) is 43.1. The summed E-state index contributed by atoms with van der Waals surface area (Å²) in [6, 6.07) is 6.02. The third kappa shape index (κ3) is 5.80. The normalized spacial score (nSPS) is 13.5. The van der Waals surface area contributed by atoms with E-state index < -0.39 is 39.8 Å². The number of carbonyl (C=O) groups is 2. The third-order valence-corrected chi connectivity index (χ3v) is 7.33. The van der Waals surface area contributed by atoms with Gasteiger partial charge in [-0.2, -0.15) is 8.42 Å². The quantitative estimate of drug-likeness (QED) is 0.458. The maximum Gasteiger partial charge on any atom is 0.330 e. The number of hydrogen-bond donors (Lipinski definition) is 2. The van der Waals surface area contributed by atoms with E-state index in [9.17, 15) is 31.6 Å². The predicted molar refractivity (Wildman–Crippen MR) is 135 cm³/mol. The van der Waals surface area contributed by atoms with Crippen molar-refractivity contribution in [2.75, 3.05) is 22.8 Å². The number of nitrogens with zero attached hydrogens (tertiary/aromatic N) is 4. The minimum atomic E-state index is -4.39. The van der Waals surface area contributed by atoms with E-state index in [0.717, 1.165) is 21.3 Å². The number of aryl methyl sites for hydroxylation is 1. The molecule has 1 atom stereocenters. The van der Waals surface area contributed by atoms with Crippen molar-refractivity contribution in [3.05, 3.63) is 88.0 Å². The molecule has 2 N–H and O–H groups in total. The highest BCUT2D eigenvalue weighted by Crippen LogP contribution is 2.26. The van der Waals surface area contributed by atoms with Gasteiger partial charge in [-0.25, -0.2) is 27.6 Å². The highest BCUT2D eigenvalue weighted by molar-refractivity contribution is 7.91. The second-order valence-electron chi connectivity index (χ2n) is 8.66. The molecule has 0 saturated heterocycles. The van der Waals surface area contributed by atoms with Gasteiger partial charge in [-0.05, 0) is 41.8 Å². The molecule has 38 heavy (non-hydrogen) atoms. The summed E-state index contributed by atoms with van der Waals surface area (Å²) >= 11 is 0. The molecule has 3 amide bonds. The Labute approximate surface area is 216 Å². The second-order valence-corrected chi connectivity index (χ2v) is 10.3. The van der Waals surface area contributed by atoms with E-state index in [1.807, 2.05) is 4.72 Å². The van der Waals surface area contributed by atoms with Crippen molar-refractivity contribution < 1.29 is 26.8 Å². The molecule has 0 aliphatic carbocycles. The molecule has 3 heterocycles. The average Bonchev–Trinajstić information content (AvgIpc) is 3.29. The Bertz CT molecular complexity index is 1540. The van der Waals surface area contributed by atoms with Crippen molar-refractivity contribution in [1.82, 2.24) is 19.6 Å². The van der Waals surface area contributed by atoms with Crippen molar-refractivity contribution in [2.45, 2.75) is 18.9 Å². The lowest BCUT2D eigenvalue weighted by atomic mass is 10.0. The first-order chi connectivity index (χ1) is 17.9. The van der Waals surface area contributed by atoms with Gasteiger partial charge < -0.3 is 14.8 Å². The fourth-order valence-electron chi connectivity index (χ4n) is 4.08. The maximum atomic E-state index is 13.8. The number of anilines is 2. The van der Waals surface area contributed by atoms with E-state index in [0.29, 0.717) is 23.7 Å². The van der Waals surface area contributed by atoms with E-state index in [1.165, 1.54) is 43.2 Å². The van der Waals surface area contributed by atoms with Crippen LogP contribution in [0.2, 0.25) is 0 Å². The molecule has 0 spiro atoms. The van der Waals surface area contributed by atoms with Gasteiger partial charge in [0.15, 0.2) is 0 Å². The van der Waals surface area contributed by atoms with Crippen molar-refractivity contribution >= 4 is 33.7 Å². The van der Waals surface area contributed by atoms with Gasteiger partial charge in [0.2, 0.25) is 11.5 Å². The number of pyridine rings is 2. The van der Waals surface area contributed by atoms with E-state index in [1.54, 1.807) is 12.1 Å². The molecule has 0 bridgehead atoms. The average molecular weight is 547 g/mol. The van der Waals surface area contributed by atoms with Gasteiger partial charge in [-0.15, -0.1) is 0 Å². The van der Waals surface area contributed by atoms with Gasteiger partial charge >= 0.3 is 16.2 Å². The number of aromatic nitrogens is 2. The predicted octanol–water partition coefficient (Wildman–Crippen LogP) is 1.24. The lowest BCUT2D eigenvalue weighted by Crippen LogP contribution is -2.54. The molecule has 0 saturated carbocycles. The Balaban J connectivity index is 1.57. The van der Waals surface area contributed by atoms with Crippen molar-refractivity contribution in [1.29, 1.82) is 0 Å². The molecule has 0 fully saturated rings. The van der Waals surface area contributed by atoms with Crippen LogP contribution < -0.4 is 24.8 Å². The number of likely N-dealkylation sites (N-methyl/N-ethyl adjacent to an activating group) is 1. The largest absolute Gasteiger partial charge is 0.330 e. The molecule has 2 aromatic heterocycles. The van der Waals surface area contributed by atoms with Gasteiger partial charge in [0.05, 0.1) is 5.69 Å². The van der Waals surface area contributed by atoms with Gasteiger partial charge in [-0.3, -0.25) is 9.59 Å². The number of amides is 3. The number of hydrogen-bond acceptors (Lipinski definition) is 6. The zero-order chi connectivity index (χ0) is 27.6. The highest BCUT2D eigenvalue weighted by atomic mass is 32.2. The number of benzene rings is 1. The topological polar surface area (TPSA) is 134 Å². The molecule has 4 rings (SSSR count). The highest BCUT2D eigenvalue weighted by Gasteiger charge is 2.33. The van der Waals surface area contributed by atoms with Gasteiger partial charge in [0, 0.05) is 51.6 Å². The Morgan fingerprint density at radius 2 is 1.87 bits per heavy atom. The summed E-state index contributed by atoms with van der Waals surface area (Å²) in [5, 5.41) is 2.30. The van der Waals surface area contributed by atoms with Gasteiger partial charge in [-0.1, -0.05) is 6.07 Å². The fraction of sp³-hybridized carbons (Fsp3) is 0.250.